The molecule has 0 aliphatic rings. The van der Waals surface area contributed by atoms with Crippen molar-refractivity contribution in [2.75, 3.05) is 13.6 Å². The Balaban J connectivity index is 2.06. The zero-order valence-electron chi connectivity index (χ0n) is 11.1. The maximum Gasteiger partial charge on any atom is 0.0555 e. The van der Waals surface area contributed by atoms with Crippen molar-refractivity contribution in [2.24, 2.45) is 5.73 Å². The van der Waals surface area contributed by atoms with Gasteiger partial charge >= 0.3 is 0 Å². The zero-order chi connectivity index (χ0) is 13.5. The van der Waals surface area contributed by atoms with E-state index >= 15 is 0 Å². The van der Waals surface area contributed by atoms with Gasteiger partial charge in [0.25, 0.3) is 0 Å². The number of nitrogens with zero attached hydrogens (tertiary/aromatic N) is 1. The molecular weight excluding hydrogens is 252 g/mol. The maximum atomic E-state index is 5.44. The van der Waals surface area contributed by atoms with Gasteiger partial charge in [-0.15, -0.1) is 0 Å². The molecule has 1 aromatic carbocycles. The van der Waals surface area contributed by atoms with Crippen LogP contribution in [0.25, 0.3) is 0 Å². The van der Waals surface area contributed by atoms with E-state index in [-0.39, 0.29) is 0 Å². The van der Waals surface area contributed by atoms with Gasteiger partial charge in [0.15, 0.2) is 0 Å². The highest BCUT2D eigenvalue weighted by atomic mass is 32.1. The number of thiophene rings is 1. The first kappa shape index (κ1) is 13.8. The third kappa shape index (κ3) is 4.22. The lowest BCUT2D eigenvalue weighted by Gasteiger charge is -2.17. The lowest BCUT2D eigenvalue weighted by molar-refractivity contribution is 0.319. The number of nitrogens with two attached hydrogens (primary N) is 1. The quantitative estimate of drug-likeness (QED) is 0.866. The summed E-state index contributed by atoms with van der Waals surface area (Å²) in [5.41, 5.74) is 9.12. The van der Waals surface area contributed by atoms with Gasteiger partial charge in [0.05, 0.1) is 6.54 Å². The third-order valence-electron chi connectivity index (χ3n) is 2.82. The van der Waals surface area contributed by atoms with Crippen molar-refractivity contribution in [1.29, 1.82) is 0 Å². The van der Waals surface area contributed by atoms with E-state index in [1.54, 1.807) is 11.3 Å². The average Bonchev–Trinajstić information content (AvgIpc) is 2.90. The zero-order valence-corrected chi connectivity index (χ0v) is 11.9. The van der Waals surface area contributed by atoms with Crippen molar-refractivity contribution >= 4 is 11.3 Å². The standard InChI is InChI=1S/C16H18N2S/c1-18(11-14-8-10-19-13-14)12-16-6-3-2-5-15(16)7-4-9-17/h2-3,5-6,8,10,13H,9,11-12,17H2,1H3. The monoisotopic (exact) mass is 270 g/mol. The smallest absolute Gasteiger partial charge is 0.0555 e. The van der Waals surface area contributed by atoms with E-state index < -0.39 is 0 Å². The molecule has 0 amide bonds. The van der Waals surface area contributed by atoms with Crippen LogP contribution in [0.2, 0.25) is 0 Å². The molecule has 0 fully saturated rings. The number of rotatable bonds is 4. The van der Waals surface area contributed by atoms with Gasteiger partial charge in [0.1, 0.15) is 0 Å². The van der Waals surface area contributed by atoms with E-state index in [1.165, 1.54) is 11.1 Å². The van der Waals surface area contributed by atoms with Crippen LogP contribution in [0.1, 0.15) is 16.7 Å². The molecule has 0 unspecified atom stereocenters. The van der Waals surface area contributed by atoms with Crippen LogP contribution in [0.3, 0.4) is 0 Å². The van der Waals surface area contributed by atoms with Crippen molar-refractivity contribution in [1.82, 2.24) is 4.90 Å². The molecule has 0 aliphatic carbocycles. The molecule has 0 aliphatic heterocycles. The van der Waals surface area contributed by atoms with Gasteiger partial charge in [-0.25, -0.2) is 0 Å². The largest absolute Gasteiger partial charge is 0.320 e. The molecule has 2 nitrogen and oxygen atoms in total. The fraction of sp³-hybridized carbons (Fsp3) is 0.250. The minimum Gasteiger partial charge on any atom is -0.320 e. The Morgan fingerprint density at radius 1 is 1.21 bits per heavy atom. The van der Waals surface area contributed by atoms with Gasteiger partial charge < -0.3 is 5.73 Å². The molecule has 0 bridgehead atoms. The molecule has 2 N–H and O–H groups in total. The van der Waals surface area contributed by atoms with Gasteiger partial charge in [0, 0.05) is 18.7 Å². The molecule has 0 spiro atoms. The first-order valence-corrected chi connectivity index (χ1v) is 7.20. The number of hydrogen-bond donors (Lipinski definition) is 1. The van der Waals surface area contributed by atoms with Crippen molar-refractivity contribution in [2.45, 2.75) is 13.1 Å². The molecule has 98 valence electrons. The predicted octanol–water partition coefficient (Wildman–Crippen LogP) is 2.69. The molecular formula is C16H18N2S. The Labute approximate surface area is 118 Å². The fourth-order valence-electron chi connectivity index (χ4n) is 1.97. The summed E-state index contributed by atoms with van der Waals surface area (Å²) in [7, 11) is 2.13. The second kappa shape index (κ2) is 7.10. The van der Waals surface area contributed by atoms with E-state index in [0.717, 1.165) is 18.7 Å². The van der Waals surface area contributed by atoms with E-state index in [1.807, 2.05) is 6.07 Å². The molecule has 2 rings (SSSR count). The van der Waals surface area contributed by atoms with Gasteiger partial charge in [-0.3, -0.25) is 4.90 Å². The van der Waals surface area contributed by atoms with E-state index in [0.29, 0.717) is 6.54 Å². The number of benzene rings is 1. The van der Waals surface area contributed by atoms with Crippen molar-refractivity contribution < 1.29 is 0 Å². The highest BCUT2D eigenvalue weighted by molar-refractivity contribution is 7.07. The van der Waals surface area contributed by atoms with Crippen LogP contribution in [-0.2, 0) is 13.1 Å². The minimum atomic E-state index is 0.402. The third-order valence-corrected chi connectivity index (χ3v) is 3.55. The van der Waals surface area contributed by atoms with Crippen LogP contribution in [0.5, 0.6) is 0 Å². The second-order valence-corrected chi connectivity index (χ2v) is 5.25. The summed E-state index contributed by atoms with van der Waals surface area (Å²) < 4.78 is 0. The molecule has 3 heteroatoms. The summed E-state index contributed by atoms with van der Waals surface area (Å²) in [6.45, 7) is 2.26. The number of hydrogen-bond acceptors (Lipinski definition) is 3. The maximum absolute atomic E-state index is 5.44. The molecule has 0 radical (unpaired) electrons. The fourth-order valence-corrected chi connectivity index (χ4v) is 2.63. The molecule has 2 aromatic rings. The topological polar surface area (TPSA) is 29.3 Å². The van der Waals surface area contributed by atoms with Gasteiger partial charge in [-0.1, -0.05) is 30.0 Å². The molecule has 1 aromatic heterocycles. The van der Waals surface area contributed by atoms with E-state index in [9.17, 15) is 0 Å². The van der Waals surface area contributed by atoms with Crippen LogP contribution in [0.4, 0.5) is 0 Å². The summed E-state index contributed by atoms with van der Waals surface area (Å²) in [5, 5.41) is 4.31. The highest BCUT2D eigenvalue weighted by Crippen LogP contribution is 2.13. The Morgan fingerprint density at radius 2 is 2.05 bits per heavy atom. The summed E-state index contributed by atoms with van der Waals surface area (Å²) >= 11 is 1.74. The van der Waals surface area contributed by atoms with Crippen LogP contribution in [-0.4, -0.2) is 18.5 Å². The lowest BCUT2D eigenvalue weighted by atomic mass is 10.1. The van der Waals surface area contributed by atoms with Crippen LogP contribution >= 0.6 is 11.3 Å². The minimum absolute atomic E-state index is 0.402. The van der Waals surface area contributed by atoms with Gasteiger partial charge in [-0.2, -0.15) is 11.3 Å². The normalized spacial score (nSPS) is 10.3. The molecule has 19 heavy (non-hydrogen) atoms. The molecule has 0 saturated heterocycles. The van der Waals surface area contributed by atoms with Crippen molar-refractivity contribution in [3.8, 4) is 11.8 Å². The molecule has 0 saturated carbocycles. The molecule has 1 heterocycles. The first-order chi connectivity index (χ1) is 9.29. The summed E-state index contributed by atoms with van der Waals surface area (Å²) in [6.07, 6.45) is 0. The predicted molar refractivity (Wildman–Crippen MR) is 81.9 cm³/mol. The Kier molecular flexibility index (Phi) is 5.17. The van der Waals surface area contributed by atoms with Gasteiger partial charge in [0.2, 0.25) is 0 Å². The van der Waals surface area contributed by atoms with Gasteiger partial charge in [-0.05, 0) is 41.1 Å². The van der Waals surface area contributed by atoms with Crippen LogP contribution in [0, 0.1) is 11.8 Å². The Hall–Kier alpha value is -1.60. The summed E-state index contributed by atoms with van der Waals surface area (Å²) in [4.78, 5) is 2.30. The first-order valence-electron chi connectivity index (χ1n) is 6.26. The SMILES string of the molecule is CN(Cc1ccsc1)Cc1ccccc1C#CCN. The second-order valence-electron chi connectivity index (χ2n) is 4.47. The summed E-state index contributed by atoms with van der Waals surface area (Å²) in [5.74, 6) is 6.06. The molecule has 0 atom stereocenters. The Bertz CT molecular complexity index is 564. The average molecular weight is 270 g/mol. The van der Waals surface area contributed by atoms with E-state index in [4.69, 9.17) is 5.73 Å². The Morgan fingerprint density at radius 3 is 2.79 bits per heavy atom. The van der Waals surface area contributed by atoms with Crippen LogP contribution in [0.15, 0.2) is 41.1 Å². The van der Waals surface area contributed by atoms with Crippen molar-refractivity contribution in [3.05, 3.63) is 57.8 Å². The van der Waals surface area contributed by atoms with E-state index in [2.05, 4.69) is 58.8 Å². The highest BCUT2D eigenvalue weighted by Gasteiger charge is 2.05. The van der Waals surface area contributed by atoms with Crippen LogP contribution < -0.4 is 5.73 Å². The summed E-state index contributed by atoms with van der Waals surface area (Å²) in [6, 6.07) is 10.4. The lowest BCUT2D eigenvalue weighted by Crippen LogP contribution is -2.17. The van der Waals surface area contributed by atoms with Crippen molar-refractivity contribution in [3.63, 3.8) is 0 Å².